The van der Waals surface area contributed by atoms with E-state index in [1.54, 1.807) is 37.3 Å². The summed E-state index contributed by atoms with van der Waals surface area (Å²) in [6.07, 6.45) is 2.78. The van der Waals surface area contributed by atoms with Gasteiger partial charge in [0.25, 0.3) is 5.91 Å². The van der Waals surface area contributed by atoms with E-state index in [0.29, 0.717) is 35.7 Å². The normalized spacial score (nSPS) is 15.3. The third-order valence-electron chi connectivity index (χ3n) is 4.76. The van der Waals surface area contributed by atoms with Gasteiger partial charge in [-0.2, -0.15) is 4.31 Å². The van der Waals surface area contributed by atoms with Crippen molar-refractivity contribution in [3.8, 4) is 5.75 Å². The van der Waals surface area contributed by atoms with Gasteiger partial charge in [0.1, 0.15) is 5.75 Å². The van der Waals surface area contributed by atoms with E-state index in [1.807, 2.05) is 6.07 Å². The monoisotopic (exact) mass is 388 g/mol. The molecule has 2 aromatic carbocycles. The second-order valence-electron chi connectivity index (χ2n) is 6.60. The molecule has 27 heavy (non-hydrogen) atoms. The van der Waals surface area contributed by atoms with Gasteiger partial charge in [-0.05, 0) is 49.6 Å². The van der Waals surface area contributed by atoms with Gasteiger partial charge in [-0.25, -0.2) is 8.42 Å². The Labute approximate surface area is 160 Å². The Kier molecular flexibility index (Phi) is 5.82. The van der Waals surface area contributed by atoms with Crippen molar-refractivity contribution in [3.05, 3.63) is 53.6 Å². The molecule has 7 heteroatoms. The van der Waals surface area contributed by atoms with Gasteiger partial charge in [-0.15, -0.1) is 0 Å². The number of nitrogens with one attached hydrogen (secondary N) is 1. The van der Waals surface area contributed by atoms with E-state index in [2.05, 4.69) is 5.32 Å². The average Bonchev–Trinajstić information content (AvgIpc) is 2.69. The molecule has 0 atom stereocenters. The van der Waals surface area contributed by atoms with Crippen LogP contribution in [-0.4, -0.2) is 38.8 Å². The van der Waals surface area contributed by atoms with Crippen molar-refractivity contribution < 1.29 is 17.9 Å². The summed E-state index contributed by atoms with van der Waals surface area (Å²) in [6.45, 7) is 2.84. The third kappa shape index (κ3) is 4.14. The van der Waals surface area contributed by atoms with E-state index in [0.717, 1.165) is 19.3 Å². The molecule has 1 fully saturated rings. The fraction of sp³-hybridized carbons (Fsp3) is 0.350. The fourth-order valence-electron chi connectivity index (χ4n) is 3.20. The first-order valence-electron chi connectivity index (χ1n) is 8.98. The van der Waals surface area contributed by atoms with Crippen LogP contribution in [-0.2, 0) is 10.0 Å². The van der Waals surface area contributed by atoms with Crippen molar-refractivity contribution in [1.82, 2.24) is 4.31 Å². The molecule has 0 aromatic heterocycles. The minimum atomic E-state index is -3.59. The summed E-state index contributed by atoms with van der Waals surface area (Å²) in [7, 11) is -2.06. The van der Waals surface area contributed by atoms with Crippen molar-refractivity contribution in [2.75, 3.05) is 25.5 Å². The van der Waals surface area contributed by atoms with E-state index >= 15 is 0 Å². The molecule has 1 heterocycles. The number of ether oxygens (including phenoxy) is 1. The van der Waals surface area contributed by atoms with Gasteiger partial charge in [0, 0.05) is 18.7 Å². The second kappa shape index (κ2) is 8.10. The standard InChI is InChI=1S/C20H24N2O4S/c1-15-10-11-16(27(24,25)22-12-6-3-7-13-22)14-17(15)20(23)21-18-8-4-5-9-19(18)26-2/h4-5,8-11,14H,3,6-7,12-13H2,1-2H3,(H,21,23). The number of rotatable bonds is 5. The number of aryl methyl sites for hydroxylation is 1. The Bertz CT molecular complexity index is 935. The van der Waals surface area contributed by atoms with E-state index in [4.69, 9.17) is 4.74 Å². The highest BCUT2D eigenvalue weighted by molar-refractivity contribution is 7.89. The molecule has 1 amide bonds. The molecule has 6 nitrogen and oxygen atoms in total. The van der Waals surface area contributed by atoms with Gasteiger partial charge in [0.2, 0.25) is 10.0 Å². The molecule has 0 unspecified atom stereocenters. The molecule has 0 bridgehead atoms. The maximum atomic E-state index is 12.9. The Morgan fingerprint density at radius 1 is 1.07 bits per heavy atom. The van der Waals surface area contributed by atoms with Gasteiger partial charge in [-0.3, -0.25) is 4.79 Å². The lowest BCUT2D eigenvalue weighted by Gasteiger charge is -2.26. The predicted octanol–water partition coefficient (Wildman–Crippen LogP) is 3.43. The Morgan fingerprint density at radius 2 is 1.78 bits per heavy atom. The van der Waals surface area contributed by atoms with Crippen molar-refractivity contribution >= 4 is 21.6 Å². The summed E-state index contributed by atoms with van der Waals surface area (Å²) in [6, 6.07) is 11.8. The number of para-hydroxylation sites is 2. The summed E-state index contributed by atoms with van der Waals surface area (Å²) in [5.74, 6) is 0.174. The van der Waals surface area contributed by atoms with Gasteiger partial charge in [-0.1, -0.05) is 24.6 Å². The average molecular weight is 388 g/mol. The number of sulfonamides is 1. The molecular weight excluding hydrogens is 364 g/mol. The quantitative estimate of drug-likeness (QED) is 0.851. The maximum Gasteiger partial charge on any atom is 0.256 e. The molecule has 0 saturated carbocycles. The van der Waals surface area contributed by atoms with Crippen molar-refractivity contribution in [2.24, 2.45) is 0 Å². The smallest absolute Gasteiger partial charge is 0.256 e. The Hall–Kier alpha value is -2.38. The number of nitrogens with zero attached hydrogens (tertiary/aromatic N) is 1. The highest BCUT2D eigenvalue weighted by atomic mass is 32.2. The van der Waals surface area contributed by atoms with Crippen LogP contribution in [0.15, 0.2) is 47.4 Å². The van der Waals surface area contributed by atoms with Gasteiger partial charge in [0.05, 0.1) is 17.7 Å². The first kappa shape index (κ1) is 19.4. The van der Waals surface area contributed by atoms with Crippen LogP contribution in [0.3, 0.4) is 0 Å². The molecule has 2 aromatic rings. The number of carbonyl (C=O) groups is 1. The SMILES string of the molecule is COc1ccccc1NC(=O)c1cc(S(=O)(=O)N2CCCCC2)ccc1C. The summed E-state index contributed by atoms with van der Waals surface area (Å²) < 4.78 is 32.6. The summed E-state index contributed by atoms with van der Waals surface area (Å²) >= 11 is 0. The molecule has 0 aliphatic carbocycles. The van der Waals surface area contributed by atoms with Crippen LogP contribution in [0.5, 0.6) is 5.75 Å². The first-order valence-corrected chi connectivity index (χ1v) is 10.4. The van der Waals surface area contributed by atoms with Gasteiger partial charge in [0.15, 0.2) is 0 Å². The first-order chi connectivity index (χ1) is 12.9. The van der Waals surface area contributed by atoms with Crippen molar-refractivity contribution in [3.63, 3.8) is 0 Å². The van der Waals surface area contributed by atoms with Crippen LogP contribution >= 0.6 is 0 Å². The number of carbonyl (C=O) groups excluding carboxylic acids is 1. The van der Waals surface area contributed by atoms with E-state index in [-0.39, 0.29) is 10.8 Å². The zero-order valence-electron chi connectivity index (χ0n) is 15.6. The summed E-state index contributed by atoms with van der Waals surface area (Å²) in [5.41, 5.74) is 1.58. The zero-order valence-corrected chi connectivity index (χ0v) is 16.4. The van der Waals surface area contributed by atoms with Crippen LogP contribution in [0.1, 0.15) is 35.2 Å². The number of hydrogen-bond acceptors (Lipinski definition) is 4. The van der Waals surface area contributed by atoms with Crippen LogP contribution in [0.4, 0.5) is 5.69 Å². The summed E-state index contributed by atoms with van der Waals surface area (Å²) in [5, 5.41) is 2.80. The fourth-order valence-corrected chi connectivity index (χ4v) is 4.74. The Balaban J connectivity index is 1.90. The number of benzene rings is 2. The largest absolute Gasteiger partial charge is 0.495 e. The number of piperidine rings is 1. The molecule has 0 spiro atoms. The molecule has 1 saturated heterocycles. The van der Waals surface area contributed by atoms with E-state index in [9.17, 15) is 13.2 Å². The summed E-state index contributed by atoms with van der Waals surface area (Å²) in [4.78, 5) is 12.9. The molecule has 1 aliphatic heterocycles. The van der Waals surface area contributed by atoms with Crippen LogP contribution in [0.25, 0.3) is 0 Å². The van der Waals surface area contributed by atoms with Crippen molar-refractivity contribution in [2.45, 2.75) is 31.1 Å². The molecular formula is C20H24N2O4S. The van der Waals surface area contributed by atoms with Crippen LogP contribution in [0.2, 0.25) is 0 Å². The van der Waals surface area contributed by atoms with E-state index < -0.39 is 10.0 Å². The minimum absolute atomic E-state index is 0.153. The van der Waals surface area contributed by atoms with Crippen LogP contribution in [0, 0.1) is 6.92 Å². The number of amides is 1. The van der Waals surface area contributed by atoms with Crippen LogP contribution < -0.4 is 10.1 Å². The molecule has 144 valence electrons. The number of anilines is 1. The highest BCUT2D eigenvalue weighted by Crippen LogP contribution is 2.26. The van der Waals surface area contributed by atoms with Gasteiger partial charge >= 0.3 is 0 Å². The predicted molar refractivity (Wildman–Crippen MR) is 105 cm³/mol. The maximum absolute atomic E-state index is 12.9. The highest BCUT2D eigenvalue weighted by Gasteiger charge is 2.27. The second-order valence-corrected chi connectivity index (χ2v) is 8.53. The molecule has 3 rings (SSSR count). The molecule has 1 N–H and O–H groups in total. The van der Waals surface area contributed by atoms with Crippen molar-refractivity contribution in [1.29, 1.82) is 0 Å². The lowest BCUT2D eigenvalue weighted by atomic mass is 10.1. The lowest BCUT2D eigenvalue weighted by molar-refractivity contribution is 0.102. The molecule has 0 radical (unpaired) electrons. The minimum Gasteiger partial charge on any atom is -0.495 e. The topological polar surface area (TPSA) is 75.7 Å². The number of methoxy groups -OCH3 is 1. The number of hydrogen-bond donors (Lipinski definition) is 1. The third-order valence-corrected chi connectivity index (χ3v) is 6.66. The van der Waals surface area contributed by atoms with Gasteiger partial charge < -0.3 is 10.1 Å². The lowest BCUT2D eigenvalue weighted by Crippen LogP contribution is -2.35. The molecule has 1 aliphatic rings. The van der Waals surface area contributed by atoms with E-state index in [1.165, 1.54) is 17.5 Å². The zero-order chi connectivity index (χ0) is 19.4. The Morgan fingerprint density at radius 3 is 2.48 bits per heavy atom.